The Morgan fingerprint density at radius 1 is 0.737 bits per heavy atom. The SMILES string of the molecule is C[Si](C)(C)CCOCn1ccnc1CCl.Cn1c2nc(Cc3ccn(COCC[Si](C)(C)C)n3)sc2c2cn[nH]c(=O)c21.Cn1c2nc(Cc3ccn[nH]3)sc2c2cnn(Cc3ncc[nH]3)c(=O)c21.O=Cc1ncc[nH]1. The summed E-state index contributed by atoms with van der Waals surface area (Å²) in [4.78, 5) is 61.6. The van der Waals surface area contributed by atoms with Crippen LogP contribution in [0.4, 0.5) is 0 Å². The summed E-state index contributed by atoms with van der Waals surface area (Å²) < 4.78 is 22.2. The van der Waals surface area contributed by atoms with E-state index < -0.39 is 16.1 Å². The fourth-order valence-corrected chi connectivity index (χ4v) is 11.6. The number of nitrogens with zero attached hydrogens (tertiary/aromatic N) is 14. The van der Waals surface area contributed by atoms with Crippen molar-refractivity contribution in [2.75, 3.05) is 13.2 Å². The first kappa shape index (κ1) is 55.2. The Morgan fingerprint density at radius 2 is 1.41 bits per heavy atom. The summed E-state index contributed by atoms with van der Waals surface area (Å²) in [6.45, 7) is 17.0. The molecule has 0 fully saturated rings. The van der Waals surface area contributed by atoms with E-state index in [-0.39, 0.29) is 11.1 Å². The third-order valence-corrected chi connectivity index (χ3v) is 17.5. The maximum Gasteiger partial charge on any atom is 0.291 e. The molecule has 0 unspecified atom stereocenters. The number of aryl methyl sites for hydroxylation is 2. The van der Waals surface area contributed by atoms with Crippen LogP contribution in [0.3, 0.4) is 0 Å². The van der Waals surface area contributed by atoms with Gasteiger partial charge in [0.1, 0.15) is 52.7 Å². The van der Waals surface area contributed by atoms with Gasteiger partial charge >= 0.3 is 0 Å². The lowest BCUT2D eigenvalue weighted by molar-refractivity contribution is 0.0783. The maximum atomic E-state index is 12.9. The van der Waals surface area contributed by atoms with Gasteiger partial charge in [-0.3, -0.25) is 19.5 Å². The summed E-state index contributed by atoms with van der Waals surface area (Å²) in [5, 5.41) is 25.8. The van der Waals surface area contributed by atoms with Gasteiger partial charge in [0, 0.05) is 122 Å². The molecule has 0 aromatic carbocycles. The number of alkyl halides is 1. The van der Waals surface area contributed by atoms with E-state index >= 15 is 0 Å². The molecule has 0 spiro atoms. The molecule has 0 atom stereocenters. The molecule has 28 heteroatoms. The van der Waals surface area contributed by atoms with Crippen molar-refractivity contribution in [3.05, 3.63) is 134 Å². The van der Waals surface area contributed by atoms with Crippen LogP contribution in [0.25, 0.3) is 42.5 Å². The lowest BCUT2D eigenvalue weighted by Gasteiger charge is -2.15. The van der Waals surface area contributed by atoms with Crippen LogP contribution in [0.1, 0.15) is 43.7 Å². The largest absolute Gasteiger partial charge is 0.361 e. The monoisotopic (exact) mass is 1120 g/mol. The zero-order valence-corrected chi connectivity index (χ0v) is 48.0. The van der Waals surface area contributed by atoms with Crippen molar-refractivity contribution in [1.29, 1.82) is 0 Å². The van der Waals surface area contributed by atoms with Crippen molar-refractivity contribution >= 4 is 99.2 Å². The molecule has 0 bridgehead atoms. The predicted octanol–water partition coefficient (Wildman–Crippen LogP) is 7.56. The van der Waals surface area contributed by atoms with Gasteiger partial charge in [0.25, 0.3) is 11.1 Å². The minimum atomic E-state index is -1.07. The average Bonchev–Trinajstić information content (AvgIpc) is 4.26. The summed E-state index contributed by atoms with van der Waals surface area (Å²) in [6, 6.07) is 6.27. The van der Waals surface area contributed by atoms with E-state index in [1.54, 1.807) is 66.1 Å². The first-order valence-corrected chi connectivity index (χ1v) is 33.9. The molecule has 0 aliphatic carbocycles. The number of aromatic amines is 4. The van der Waals surface area contributed by atoms with Gasteiger partial charge in [-0.2, -0.15) is 20.4 Å². The topological polar surface area (TPSA) is 273 Å². The zero-order chi connectivity index (χ0) is 54.0. The number of carbonyl (C=O) groups excluding carboxylic acids is 1. The van der Waals surface area contributed by atoms with E-state index in [0.717, 1.165) is 78.0 Å². The molecule has 11 rings (SSSR count). The molecule has 76 heavy (non-hydrogen) atoms. The third-order valence-electron chi connectivity index (χ3n) is 11.7. The smallest absolute Gasteiger partial charge is 0.291 e. The normalized spacial score (nSPS) is 11.8. The molecular formula is C48H61ClN18O5S2Si2. The summed E-state index contributed by atoms with van der Waals surface area (Å²) >= 11 is 8.89. The highest BCUT2D eigenvalue weighted by atomic mass is 35.5. The van der Waals surface area contributed by atoms with Gasteiger partial charge in [-0.1, -0.05) is 39.3 Å². The Labute approximate surface area is 450 Å². The predicted molar refractivity (Wildman–Crippen MR) is 301 cm³/mol. The first-order valence-electron chi connectivity index (χ1n) is 24.3. The second-order valence-electron chi connectivity index (χ2n) is 20.0. The number of imidazole rings is 3. The number of rotatable bonds is 18. The van der Waals surface area contributed by atoms with Crippen molar-refractivity contribution in [2.24, 2.45) is 14.1 Å². The highest BCUT2D eigenvalue weighted by Crippen LogP contribution is 2.33. The highest BCUT2D eigenvalue weighted by Gasteiger charge is 2.20. The molecule has 400 valence electrons. The van der Waals surface area contributed by atoms with Gasteiger partial charge in [0.2, 0.25) is 0 Å². The minimum absolute atomic E-state index is 0.151. The van der Waals surface area contributed by atoms with Gasteiger partial charge < -0.3 is 33.1 Å². The Bertz CT molecular complexity index is 3730. The van der Waals surface area contributed by atoms with Gasteiger partial charge in [0.15, 0.2) is 23.4 Å². The van der Waals surface area contributed by atoms with Crippen LogP contribution in [0.15, 0.2) is 83.7 Å². The summed E-state index contributed by atoms with van der Waals surface area (Å²) in [6.07, 6.45) is 19.3. The molecular weight excluding hydrogens is 1060 g/mol. The van der Waals surface area contributed by atoms with E-state index in [4.69, 9.17) is 31.0 Å². The molecule has 4 N–H and O–H groups in total. The van der Waals surface area contributed by atoms with Gasteiger partial charge in [0.05, 0.1) is 33.4 Å². The van der Waals surface area contributed by atoms with Crippen molar-refractivity contribution in [3.8, 4) is 0 Å². The Kier molecular flexibility index (Phi) is 18.0. The number of nitrogens with one attached hydrogen (secondary N) is 4. The molecule has 0 amide bonds. The Morgan fingerprint density at radius 3 is 2.03 bits per heavy atom. The van der Waals surface area contributed by atoms with Crippen molar-refractivity contribution in [3.63, 3.8) is 0 Å². The van der Waals surface area contributed by atoms with Crippen LogP contribution in [0, 0.1) is 0 Å². The first-order chi connectivity index (χ1) is 36.5. The Balaban J connectivity index is 0.000000147. The number of carbonyl (C=O) groups is 1. The number of fused-ring (bicyclic) bond motifs is 6. The van der Waals surface area contributed by atoms with Crippen LogP contribution in [-0.4, -0.2) is 124 Å². The Hall–Kier alpha value is -7.02. The van der Waals surface area contributed by atoms with Crippen LogP contribution < -0.4 is 11.1 Å². The molecule has 0 aliphatic heterocycles. The fraction of sp³-hybridized carbons (Fsp3) is 0.375. The number of hydrogen-bond acceptors (Lipinski definition) is 16. The van der Waals surface area contributed by atoms with E-state index in [1.165, 1.54) is 16.9 Å². The van der Waals surface area contributed by atoms with Crippen molar-refractivity contribution in [1.82, 2.24) is 88.5 Å². The number of hydrogen-bond donors (Lipinski definition) is 4. The number of ether oxygens (including phenoxy) is 2. The summed E-state index contributed by atoms with van der Waals surface area (Å²) in [7, 11) is 1.68. The number of halogens is 1. The van der Waals surface area contributed by atoms with E-state index in [9.17, 15) is 14.4 Å². The molecule has 0 aliphatic rings. The molecule has 0 saturated heterocycles. The second kappa shape index (κ2) is 24.8. The van der Waals surface area contributed by atoms with Crippen LogP contribution >= 0.6 is 34.3 Å². The molecule has 23 nitrogen and oxygen atoms in total. The van der Waals surface area contributed by atoms with E-state index in [2.05, 4.69) is 94.8 Å². The van der Waals surface area contributed by atoms with Gasteiger partial charge in [-0.15, -0.1) is 34.3 Å². The summed E-state index contributed by atoms with van der Waals surface area (Å²) in [5.41, 5.74) is 4.43. The lowest BCUT2D eigenvalue weighted by atomic mass is 10.3. The van der Waals surface area contributed by atoms with Crippen molar-refractivity contribution in [2.45, 2.75) is 90.1 Å². The third kappa shape index (κ3) is 14.1. The maximum absolute atomic E-state index is 12.9. The van der Waals surface area contributed by atoms with Crippen LogP contribution in [0.2, 0.25) is 51.4 Å². The van der Waals surface area contributed by atoms with Crippen LogP contribution in [-0.2, 0) is 62.3 Å². The zero-order valence-electron chi connectivity index (χ0n) is 43.6. The summed E-state index contributed by atoms with van der Waals surface area (Å²) in [5.74, 6) is 2.37. The molecule has 11 heterocycles. The van der Waals surface area contributed by atoms with Crippen molar-refractivity contribution < 1.29 is 14.3 Å². The molecule has 0 saturated carbocycles. The van der Waals surface area contributed by atoms with Gasteiger partial charge in [-0.25, -0.2) is 39.4 Å². The standard InChI is InChI=1S/C18H24N6O2SSi.C16H14N8OS.C10H19ClN2OSi.C4H4N2O/c1-23-15-13(10-19-21-18(15)25)16-17(23)20-14(27-16)9-12-5-6-24(22-12)11-26-7-8-28(2,3)4;1-23-13-10(7-20-24(16(13)25)8-11-17-4-5-18-11)14-15(23)21-12(26-14)6-9-2-3-19-22-9;1-15(2,3)7-6-14-9-13-5-4-12-10(13)8-11;7-3-4-5-1-2-6-4/h5-6,10H,7-9,11H2,1-4H3,(H,21,25);2-5,7H,6,8H2,1H3,(H,17,18)(H,19,22);4-5H,6-9H2,1-3H3;1-3H,(H,5,6). The number of H-pyrrole nitrogens is 4. The lowest BCUT2D eigenvalue weighted by Crippen LogP contribution is -2.25. The van der Waals surface area contributed by atoms with E-state index in [1.807, 2.05) is 57.0 Å². The number of thiazole rings is 2. The number of aldehydes is 1. The molecule has 11 aromatic heterocycles. The van der Waals surface area contributed by atoms with E-state index in [0.29, 0.717) is 67.7 Å². The van der Waals surface area contributed by atoms with Crippen LogP contribution in [0.5, 0.6) is 0 Å². The second-order valence-corrected chi connectivity index (χ2v) is 33.7. The van der Waals surface area contributed by atoms with Gasteiger partial charge in [-0.05, 0) is 24.2 Å². The number of aromatic nitrogens is 18. The average molecular weight is 1130 g/mol. The molecule has 0 radical (unpaired) electrons. The fourth-order valence-electron chi connectivity index (χ4n) is 7.66. The molecule has 11 aromatic rings. The quantitative estimate of drug-likeness (QED) is 0.0280. The minimum Gasteiger partial charge on any atom is -0.361 e. The highest BCUT2D eigenvalue weighted by molar-refractivity contribution is 7.20.